The summed E-state index contributed by atoms with van der Waals surface area (Å²) in [6.07, 6.45) is 5.63. The van der Waals surface area contributed by atoms with E-state index < -0.39 is 0 Å². The minimum atomic E-state index is 0.695. The molecule has 0 heterocycles. The Balaban J connectivity index is 2.29. The third-order valence-electron chi connectivity index (χ3n) is 3.83. The van der Waals surface area contributed by atoms with E-state index in [2.05, 4.69) is 44.8 Å². The van der Waals surface area contributed by atoms with Gasteiger partial charge in [-0.2, -0.15) is 0 Å². The summed E-state index contributed by atoms with van der Waals surface area (Å²) in [6.45, 7) is 5.87. The third kappa shape index (κ3) is 4.12. The highest BCUT2D eigenvalue weighted by Crippen LogP contribution is 2.28. The molecule has 1 aliphatic rings. The predicted octanol–water partition coefficient (Wildman–Crippen LogP) is 2.45. The van der Waals surface area contributed by atoms with Gasteiger partial charge in [0.1, 0.15) is 0 Å². The lowest BCUT2D eigenvalue weighted by atomic mass is 9.85. The summed E-state index contributed by atoms with van der Waals surface area (Å²) < 4.78 is 0. The molecule has 0 unspecified atom stereocenters. The molecule has 1 aliphatic carbocycles. The number of hydrogen-bond acceptors (Lipinski definition) is 2. The Kier molecular flexibility index (Phi) is 5.07. The van der Waals surface area contributed by atoms with Gasteiger partial charge in [0.05, 0.1) is 0 Å². The van der Waals surface area contributed by atoms with Crippen molar-refractivity contribution in [3.8, 4) is 0 Å². The Bertz CT molecular complexity index is 169. The van der Waals surface area contributed by atoms with Crippen molar-refractivity contribution in [2.45, 2.75) is 51.6 Å². The van der Waals surface area contributed by atoms with Gasteiger partial charge in [-0.25, -0.2) is 0 Å². The van der Waals surface area contributed by atoms with E-state index in [-0.39, 0.29) is 0 Å². The average molecular weight is 212 g/mol. The minimum Gasteiger partial charge on any atom is -0.309 e. The van der Waals surface area contributed by atoms with Gasteiger partial charge in [0.25, 0.3) is 0 Å². The molecule has 0 aliphatic heterocycles. The van der Waals surface area contributed by atoms with Crippen molar-refractivity contribution < 1.29 is 0 Å². The van der Waals surface area contributed by atoms with E-state index in [4.69, 9.17) is 0 Å². The van der Waals surface area contributed by atoms with Crippen LogP contribution in [0.5, 0.6) is 0 Å². The standard InChI is InChI=1S/C13H28N2/c1-11(2)15(5)13-8-6-12(7-9-13)10-14(3)4/h11-13H,6-10H2,1-5H3. The fourth-order valence-electron chi connectivity index (χ4n) is 2.67. The van der Waals surface area contributed by atoms with Crippen LogP contribution in [-0.2, 0) is 0 Å². The first kappa shape index (κ1) is 13.0. The molecule has 1 rings (SSSR count). The Labute approximate surface area is 95.6 Å². The van der Waals surface area contributed by atoms with Gasteiger partial charge in [-0.3, -0.25) is 0 Å². The second-order valence-corrected chi connectivity index (χ2v) is 5.70. The molecule has 2 nitrogen and oxygen atoms in total. The molecule has 1 fully saturated rings. The van der Waals surface area contributed by atoms with Gasteiger partial charge in [0.2, 0.25) is 0 Å². The molecule has 0 saturated heterocycles. The SMILES string of the molecule is CC(C)N(C)C1CCC(CN(C)C)CC1. The normalized spacial score (nSPS) is 28.0. The smallest absolute Gasteiger partial charge is 0.00951 e. The lowest BCUT2D eigenvalue weighted by Gasteiger charge is -2.37. The van der Waals surface area contributed by atoms with Gasteiger partial charge in [-0.15, -0.1) is 0 Å². The van der Waals surface area contributed by atoms with Gasteiger partial charge >= 0.3 is 0 Å². The zero-order chi connectivity index (χ0) is 11.4. The lowest BCUT2D eigenvalue weighted by molar-refractivity contribution is 0.126. The predicted molar refractivity (Wildman–Crippen MR) is 67.2 cm³/mol. The molecule has 0 spiro atoms. The first-order valence-corrected chi connectivity index (χ1v) is 6.37. The second kappa shape index (κ2) is 5.86. The second-order valence-electron chi connectivity index (χ2n) is 5.70. The van der Waals surface area contributed by atoms with Gasteiger partial charge in [-0.1, -0.05) is 0 Å². The van der Waals surface area contributed by atoms with Crippen molar-refractivity contribution in [1.29, 1.82) is 0 Å². The Morgan fingerprint density at radius 3 is 1.93 bits per heavy atom. The van der Waals surface area contributed by atoms with Crippen molar-refractivity contribution >= 4 is 0 Å². The molecule has 1 saturated carbocycles. The van der Waals surface area contributed by atoms with Crippen molar-refractivity contribution in [2.75, 3.05) is 27.7 Å². The van der Waals surface area contributed by atoms with Crippen LogP contribution in [0.15, 0.2) is 0 Å². The van der Waals surface area contributed by atoms with E-state index in [1.165, 1.54) is 32.2 Å². The summed E-state index contributed by atoms with van der Waals surface area (Å²) in [5, 5.41) is 0. The molecule has 15 heavy (non-hydrogen) atoms. The zero-order valence-corrected chi connectivity index (χ0v) is 11.2. The van der Waals surface area contributed by atoms with E-state index in [0.717, 1.165) is 12.0 Å². The van der Waals surface area contributed by atoms with E-state index in [9.17, 15) is 0 Å². The quantitative estimate of drug-likeness (QED) is 0.706. The summed E-state index contributed by atoms with van der Waals surface area (Å²) in [5.41, 5.74) is 0. The summed E-state index contributed by atoms with van der Waals surface area (Å²) >= 11 is 0. The fraction of sp³-hybridized carbons (Fsp3) is 1.00. The maximum atomic E-state index is 2.55. The Hall–Kier alpha value is -0.0800. The highest BCUT2D eigenvalue weighted by Gasteiger charge is 2.25. The molecule has 0 radical (unpaired) electrons. The van der Waals surface area contributed by atoms with Crippen molar-refractivity contribution in [1.82, 2.24) is 9.80 Å². The van der Waals surface area contributed by atoms with Crippen LogP contribution in [0.2, 0.25) is 0 Å². The molecular formula is C13H28N2. The number of rotatable bonds is 4. The Morgan fingerprint density at radius 1 is 1.00 bits per heavy atom. The van der Waals surface area contributed by atoms with E-state index in [0.29, 0.717) is 6.04 Å². The fourth-order valence-corrected chi connectivity index (χ4v) is 2.67. The van der Waals surface area contributed by atoms with Gasteiger partial charge < -0.3 is 9.80 Å². The van der Waals surface area contributed by atoms with Crippen LogP contribution in [0.25, 0.3) is 0 Å². The van der Waals surface area contributed by atoms with Crippen LogP contribution >= 0.6 is 0 Å². The van der Waals surface area contributed by atoms with E-state index in [1.54, 1.807) is 0 Å². The van der Waals surface area contributed by atoms with E-state index >= 15 is 0 Å². The van der Waals surface area contributed by atoms with Gasteiger partial charge in [-0.05, 0) is 66.6 Å². The summed E-state index contributed by atoms with van der Waals surface area (Å²) in [5.74, 6) is 0.941. The first-order chi connectivity index (χ1) is 7.00. The monoisotopic (exact) mass is 212 g/mol. The minimum absolute atomic E-state index is 0.695. The van der Waals surface area contributed by atoms with Crippen LogP contribution in [0.4, 0.5) is 0 Å². The van der Waals surface area contributed by atoms with Crippen molar-refractivity contribution in [3.63, 3.8) is 0 Å². The van der Waals surface area contributed by atoms with Crippen LogP contribution in [0, 0.1) is 5.92 Å². The summed E-state index contributed by atoms with van der Waals surface area (Å²) in [4.78, 5) is 4.88. The van der Waals surface area contributed by atoms with Gasteiger partial charge in [0, 0.05) is 18.6 Å². The lowest BCUT2D eigenvalue weighted by Crippen LogP contribution is -2.40. The number of hydrogen-bond donors (Lipinski definition) is 0. The highest BCUT2D eigenvalue weighted by molar-refractivity contribution is 4.80. The van der Waals surface area contributed by atoms with Crippen LogP contribution < -0.4 is 0 Å². The topological polar surface area (TPSA) is 6.48 Å². The highest BCUT2D eigenvalue weighted by atomic mass is 15.1. The molecule has 0 bridgehead atoms. The molecule has 0 aromatic rings. The average Bonchev–Trinajstić information content (AvgIpc) is 2.17. The molecule has 0 atom stereocenters. The van der Waals surface area contributed by atoms with Crippen LogP contribution in [0.3, 0.4) is 0 Å². The van der Waals surface area contributed by atoms with Crippen molar-refractivity contribution in [2.24, 2.45) is 5.92 Å². The maximum Gasteiger partial charge on any atom is 0.00951 e. The molecule has 0 N–H and O–H groups in total. The molecule has 0 aromatic carbocycles. The molecule has 2 heteroatoms. The van der Waals surface area contributed by atoms with E-state index in [1.807, 2.05) is 0 Å². The molecule has 0 amide bonds. The summed E-state index contributed by atoms with van der Waals surface area (Å²) in [7, 11) is 6.65. The molecule has 90 valence electrons. The van der Waals surface area contributed by atoms with Crippen LogP contribution in [0.1, 0.15) is 39.5 Å². The molecular weight excluding hydrogens is 184 g/mol. The van der Waals surface area contributed by atoms with Gasteiger partial charge in [0.15, 0.2) is 0 Å². The largest absolute Gasteiger partial charge is 0.309 e. The summed E-state index contributed by atoms with van der Waals surface area (Å²) in [6, 6.07) is 1.53. The van der Waals surface area contributed by atoms with Crippen LogP contribution in [-0.4, -0.2) is 49.6 Å². The number of nitrogens with zero attached hydrogens (tertiary/aromatic N) is 2. The first-order valence-electron chi connectivity index (χ1n) is 6.37. The maximum absolute atomic E-state index is 2.55. The third-order valence-corrected chi connectivity index (χ3v) is 3.83. The van der Waals surface area contributed by atoms with Crippen molar-refractivity contribution in [3.05, 3.63) is 0 Å². The Morgan fingerprint density at radius 2 is 1.53 bits per heavy atom. The zero-order valence-electron chi connectivity index (χ0n) is 11.2. The molecule has 0 aromatic heterocycles.